The third-order valence-electron chi connectivity index (χ3n) is 13.7. The summed E-state index contributed by atoms with van der Waals surface area (Å²) in [7, 11) is -3.55. The van der Waals surface area contributed by atoms with Crippen molar-refractivity contribution in [3.05, 3.63) is 113 Å². The van der Waals surface area contributed by atoms with Crippen LogP contribution >= 0.6 is 22.7 Å². The van der Waals surface area contributed by atoms with E-state index in [1.165, 1.54) is 34.7 Å². The molecule has 2 aliphatic heterocycles. The predicted molar refractivity (Wildman–Crippen MR) is 300 cm³/mol. The number of nitrogens with zero attached hydrogens (tertiary/aromatic N) is 7. The van der Waals surface area contributed by atoms with Crippen LogP contribution in [-0.2, 0) is 40.5 Å². The first-order valence-corrected chi connectivity index (χ1v) is 29.4. The Kier molecular flexibility index (Phi) is 18.2. The SMILES string of the molecule is Cc1ncsc1-c1ccc(CNC(=O)[C@@H]2C[C@@H](O)CN2C(=O)[C@@H](NC(=O)CCCCCC(=O)N2CCN(c3cc(-c4cccc(-c5csc(NC(=O)CNC(=O)c6ccn(S(C)(=O)=O)c6)n5)c4)ccn3)CC2)C(C)(C)C)cc1. The van der Waals surface area contributed by atoms with Crippen molar-refractivity contribution >= 4 is 79.1 Å². The van der Waals surface area contributed by atoms with E-state index in [-0.39, 0.29) is 55.8 Å². The van der Waals surface area contributed by atoms with Crippen LogP contribution in [-0.4, -0.2) is 141 Å². The number of thiazole rings is 2. The van der Waals surface area contributed by atoms with E-state index in [0.717, 1.165) is 54.4 Å². The highest BCUT2D eigenvalue weighted by Gasteiger charge is 2.44. The molecule has 6 amide bonds. The molecule has 2 aliphatic rings. The van der Waals surface area contributed by atoms with Crippen LogP contribution < -0.4 is 26.2 Å². The first-order chi connectivity index (χ1) is 37.2. The van der Waals surface area contributed by atoms with Gasteiger partial charge in [0.05, 0.1) is 46.2 Å². The van der Waals surface area contributed by atoms with Gasteiger partial charge in [0.15, 0.2) is 5.13 Å². The van der Waals surface area contributed by atoms with Crippen LogP contribution in [0, 0.1) is 12.3 Å². The Morgan fingerprint density at radius 3 is 2.27 bits per heavy atom. The lowest BCUT2D eigenvalue weighted by Crippen LogP contribution is -2.57. The van der Waals surface area contributed by atoms with Gasteiger partial charge in [-0.1, -0.05) is 69.7 Å². The number of anilines is 2. The van der Waals surface area contributed by atoms with Gasteiger partial charge in [0.1, 0.15) is 17.9 Å². The van der Waals surface area contributed by atoms with Gasteiger partial charge in [-0.05, 0) is 71.7 Å². The van der Waals surface area contributed by atoms with Gasteiger partial charge in [0, 0.05) is 88.1 Å². The third kappa shape index (κ3) is 14.6. The molecule has 78 heavy (non-hydrogen) atoms. The van der Waals surface area contributed by atoms with Gasteiger partial charge in [-0.3, -0.25) is 32.7 Å². The lowest BCUT2D eigenvalue weighted by Gasteiger charge is -2.35. The fraction of sp³-hybridized carbons (Fsp3) is 0.400. The molecule has 0 radical (unpaired) electrons. The molecule has 6 aromatic rings. The number of amides is 6. The number of aliphatic hydroxyl groups excluding tert-OH is 1. The van der Waals surface area contributed by atoms with Gasteiger partial charge in [-0.2, -0.15) is 0 Å². The molecule has 4 aromatic heterocycles. The van der Waals surface area contributed by atoms with Gasteiger partial charge in [-0.15, -0.1) is 22.7 Å². The van der Waals surface area contributed by atoms with Crippen molar-refractivity contribution in [2.75, 3.05) is 55.7 Å². The minimum absolute atomic E-state index is 0.0131. The highest BCUT2D eigenvalue weighted by molar-refractivity contribution is 7.89. The number of carbonyl (C=O) groups is 6. The van der Waals surface area contributed by atoms with Gasteiger partial charge in [0.25, 0.3) is 5.91 Å². The molecule has 0 unspecified atom stereocenters. The van der Waals surface area contributed by atoms with Gasteiger partial charge < -0.3 is 41.1 Å². The number of likely N-dealkylation sites (tertiary alicyclic amines) is 1. The number of rotatable bonds is 20. The van der Waals surface area contributed by atoms with E-state index in [4.69, 9.17) is 0 Å². The second kappa shape index (κ2) is 25.0. The van der Waals surface area contributed by atoms with Gasteiger partial charge >= 0.3 is 0 Å². The molecule has 20 nitrogen and oxygen atoms in total. The summed E-state index contributed by atoms with van der Waals surface area (Å²) in [6, 6.07) is 19.2. The molecule has 0 saturated carbocycles. The van der Waals surface area contributed by atoms with Crippen LogP contribution in [0.4, 0.5) is 10.9 Å². The maximum absolute atomic E-state index is 14.1. The number of hydrogen-bond donors (Lipinski definition) is 5. The zero-order chi connectivity index (χ0) is 55.7. The van der Waals surface area contributed by atoms with E-state index in [1.54, 1.807) is 17.5 Å². The molecule has 2 aromatic carbocycles. The molecular formula is C55H65N11O9S3. The van der Waals surface area contributed by atoms with E-state index in [1.807, 2.05) is 104 Å². The molecule has 0 aliphatic carbocycles. The maximum Gasteiger partial charge on any atom is 0.253 e. The topological polar surface area (TPSA) is 258 Å². The summed E-state index contributed by atoms with van der Waals surface area (Å²) in [6.07, 6.45) is 6.74. The largest absolute Gasteiger partial charge is 0.391 e. The summed E-state index contributed by atoms with van der Waals surface area (Å²) in [5.74, 6) is -1.32. The molecule has 412 valence electrons. The lowest BCUT2D eigenvalue weighted by molar-refractivity contribution is -0.144. The fourth-order valence-electron chi connectivity index (χ4n) is 9.33. The molecule has 8 rings (SSSR count). The average molecular weight is 1120 g/mol. The number of piperazine rings is 1. The van der Waals surface area contributed by atoms with Crippen molar-refractivity contribution in [2.45, 2.75) is 91.0 Å². The third-order valence-corrected chi connectivity index (χ3v) is 16.4. The quantitative estimate of drug-likeness (QED) is 0.0577. The highest BCUT2D eigenvalue weighted by atomic mass is 32.2. The van der Waals surface area contributed by atoms with Crippen LogP contribution in [0.15, 0.2) is 96.2 Å². The van der Waals surface area contributed by atoms with E-state index in [2.05, 4.69) is 41.1 Å². The zero-order valence-corrected chi connectivity index (χ0v) is 46.7. The van der Waals surface area contributed by atoms with Gasteiger partial charge in [0.2, 0.25) is 39.6 Å². The van der Waals surface area contributed by atoms with Crippen LogP contribution in [0.1, 0.15) is 80.9 Å². The Morgan fingerprint density at radius 2 is 1.56 bits per heavy atom. The molecule has 2 saturated heterocycles. The Bertz CT molecular complexity index is 3250. The number of aliphatic hydroxyl groups is 1. The van der Waals surface area contributed by atoms with Crippen molar-refractivity contribution in [1.29, 1.82) is 0 Å². The van der Waals surface area contributed by atoms with E-state index in [9.17, 15) is 42.3 Å². The number of unbranched alkanes of at least 4 members (excludes halogenated alkanes) is 2. The molecular weight excluding hydrogens is 1050 g/mol. The van der Waals surface area contributed by atoms with Crippen LogP contribution in [0.3, 0.4) is 0 Å². The summed E-state index contributed by atoms with van der Waals surface area (Å²) >= 11 is 2.81. The Labute approximate surface area is 461 Å². The van der Waals surface area contributed by atoms with Crippen molar-refractivity contribution in [1.82, 2.24) is 44.7 Å². The van der Waals surface area contributed by atoms with Gasteiger partial charge in [-0.25, -0.2) is 23.4 Å². The number of hydrogen-bond acceptors (Lipinski definition) is 15. The number of aromatic nitrogens is 4. The molecule has 23 heteroatoms. The Balaban J connectivity index is 0.746. The summed E-state index contributed by atoms with van der Waals surface area (Å²) in [4.78, 5) is 99.4. The lowest BCUT2D eigenvalue weighted by atomic mass is 9.85. The van der Waals surface area contributed by atoms with E-state index < -0.39 is 51.3 Å². The average Bonchev–Trinajstić information content (AvgIpc) is 4.31. The molecule has 6 heterocycles. The second-order valence-electron chi connectivity index (χ2n) is 20.6. The number of aryl methyl sites for hydroxylation is 1. The van der Waals surface area contributed by atoms with Crippen molar-refractivity contribution in [2.24, 2.45) is 5.41 Å². The predicted octanol–water partition coefficient (Wildman–Crippen LogP) is 5.69. The molecule has 0 bridgehead atoms. The molecule has 0 spiro atoms. The highest BCUT2D eigenvalue weighted by Crippen LogP contribution is 2.32. The molecule has 3 atom stereocenters. The minimum Gasteiger partial charge on any atom is -0.391 e. The summed E-state index contributed by atoms with van der Waals surface area (Å²) in [5, 5.41) is 23.9. The first-order valence-electron chi connectivity index (χ1n) is 25.8. The molecule has 5 N–H and O–H groups in total. The summed E-state index contributed by atoms with van der Waals surface area (Å²) < 4.78 is 24.4. The monoisotopic (exact) mass is 1120 g/mol. The van der Waals surface area contributed by atoms with E-state index in [0.29, 0.717) is 62.7 Å². The normalized spacial score (nSPS) is 16.2. The smallest absolute Gasteiger partial charge is 0.253 e. The number of nitrogens with one attached hydrogen (secondary N) is 4. The minimum atomic E-state index is -3.55. The van der Waals surface area contributed by atoms with Crippen molar-refractivity contribution < 1.29 is 42.3 Å². The second-order valence-corrected chi connectivity index (χ2v) is 24.2. The van der Waals surface area contributed by atoms with Crippen molar-refractivity contribution in [3.63, 3.8) is 0 Å². The Morgan fingerprint density at radius 1 is 0.833 bits per heavy atom. The fourth-order valence-corrected chi connectivity index (χ4v) is 11.5. The van der Waals surface area contributed by atoms with E-state index >= 15 is 0 Å². The first kappa shape index (κ1) is 56.9. The van der Waals surface area contributed by atoms with Crippen LogP contribution in [0.25, 0.3) is 32.8 Å². The number of carbonyl (C=O) groups excluding carboxylic acids is 6. The molecule has 2 fully saturated rings. The van der Waals surface area contributed by atoms with Crippen LogP contribution in [0.2, 0.25) is 0 Å². The van der Waals surface area contributed by atoms with Crippen LogP contribution in [0.5, 0.6) is 0 Å². The number of β-amino-alcohol motifs (C(OH)–C–C–N with tert-alkyl or cyclic N) is 1. The standard InChI is InChI=1S/C55H65N11O9S3/c1-35-49(77-34-59-35)37-16-14-36(15-17-37)29-57-52(72)44-28-42(67)32-66(44)53(73)50(55(2,3)4)61-46(68)12-7-6-8-13-48(70)64-24-22-63(23-25-64)45-27-39(18-20-56-45)38-10-9-11-40(26-38)43-33-76-54(60-43)62-47(69)30-58-51(71)41-19-21-65(31-41)78(5,74)75/h9-11,14-21,26-27,31,33-34,42,44,50,67H,6-8,12-13,22-25,28-30,32H2,1-5H3,(H,57,72)(H,58,71)(H,61,68)(H,60,62,69)/t42-,44+,50-/m1/s1. The Hall–Kier alpha value is -7.34. The number of pyridine rings is 1. The summed E-state index contributed by atoms with van der Waals surface area (Å²) in [5.41, 5.74) is 7.48. The van der Waals surface area contributed by atoms with Crippen molar-refractivity contribution in [3.8, 4) is 32.8 Å². The zero-order valence-electron chi connectivity index (χ0n) is 44.2. The maximum atomic E-state index is 14.1. The number of benzene rings is 2. The summed E-state index contributed by atoms with van der Waals surface area (Å²) in [6.45, 7) is 9.72.